The molecule has 2 atom stereocenters. The van der Waals surface area contributed by atoms with Gasteiger partial charge in [-0.15, -0.1) is 0 Å². The van der Waals surface area contributed by atoms with Crippen LogP contribution in [0, 0.1) is 22.7 Å². The van der Waals surface area contributed by atoms with Crippen molar-refractivity contribution in [1.29, 1.82) is 0 Å². The minimum Gasteiger partial charge on any atom is -0.385 e. The summed E-state index contributed by atoms with van der Waals surface area (Å²) in [4.78, 5) is 0. The van der Waals surface area contributed by atoms with Crippen molar-refractivity contribution in [2.45, 2.75) is 81.1 Å². The minimum absolute atomic E-state index is 0.428. The van der Waals surface area contributed by atoms with Crippen LogP contribution in [-0.2, 0) is 0 Å². The number of benzene rings is 1. The molecule has 2 N–H and O–H groups in total. The van der Waals surface area contributed by atoms with Crippen molar-refractivity contribution in [3.8, 4) is 0 Å². The molecule has 26 heavy (non-hydrogen) atoms. The molecular formula is C24H44N2. The summed E-state index contributed by atoms with van der Waals surface area (Å²) in [6.07, 6.45) is 5.02. The van der Waals surface area contributed by atoms with E-state index in [9.17, 15) is 0 Å². The van der Waals surface area contributed by atoms with Crippen molar-refractivity contribution in [2.75, 3.05) is 23.7 Å². The van der Waals surface area contributed by atoms with Crippen molar-refractivity contribution < 1.29 is 0 Å². The second kappa shape index (κ2) is 10.2. The predicted octanol–water partition coefficient (Wildman–Crippen LogP) is 7.44. The van der Waals surface area contributed by atoms with E-state index in [0.717, 1.165) is 24.9 Å². The van der Waals surface area contributed by atoms with Crippen LogP contribution in [0.25, 0.3) is 0 Å². The first-order valence-electron chi connectivity index (χ1n) is 10.5. The van der Waals surface area contributed by atoms with Crippen LogP contribution in [0.3, 0.4) is 0 Å². The van der Waals surface area contributed by atoms with Crippen LogP contribution in [-0.4, -0.2) is 13.1 Å². The van der Waals surface area contributed by atoms with Crippen LogP contribution in [0.2, 0.25) is 0 Å². The Morgan fingerprint density at radius 2 is 0.962 bits per heavy atom. The average Bonchev–Trinajstić information content (AvgIpc) is 2.45. The van der Waals surface area contributed by atoms with E-state index in [2.05, 4.69) is 90.3 Å². The molecule has 0 aromatic heterocycles. The predicted molar refractivity (Wildman–Crippen MR) is 119 cm³/mol. The van der Waals surface area contributed by atoms with Crippen LogP contribution in [0.5, 0.6) is 0 Å². The fraction of sp³-hybridized carbons (Fsp3) is 0.750. The normalized spacial score (nSPS) is 14.8. The standard InChI is InChI=1S/C24H44N2/c1-19(17-23(3,4)5)13-15-25-21-9-11-22(12-10-21)26-16-14-20(2)18-24(6,7)8/h9-12,19-20,25-26H,13-18H2,1-8H3. The Morgan fingerprint density at radius 3 is 1.23 bits per heavy atom. The van der Waals surface area contributed by atoms with E-state index < -0.39 is 0 Å². The molecule has 2 heteroatoms. The van der Waals surface area contributed by atoms with Gasteiger partial charge in [0.2, 0.25) is 0 Å². The third-order valence-corrected chi connectivity index (χ3v) is 4.74. The Balaban J connectivity index is 2.27. The van der Waals surface area contributed by atoms with Gasteiger partial charge in [0.05, 0.1) is 0 Å². The van der Waals surface area contributed by atoms with E-state index >= 15 is 0 Å². The first kappa shape index (κ1) is 22.9. The molecule has 0 bridgehead atoms. The third kappa shape index (κ3) is 11.4. The van der Waals surface area contributed by atoms with E-state index in [1.54, 1.807) is 0 Å². The van der Waals surface area contributed by atoms with Gasteiger partial charge >= 0.3 is 0 Å². The van der Waals surface area contributed by atoms with Gasteiger partial charge < -0.3 is 10.6 Å². The van der Waals surface area contributed by atoms with Gasteiger partial charge in [-0.1, -0.05) is 55.4 Å². The highest BCUT2D eigenvalue weighted by molar-refractivity contribution is 5.53. The van der Waals surface area contributed by atoms with Gasteiger partial charge in [0.25, 0.3) is 0 Å². The monoisotopic (exact) mass is 360 g/mol. The fourth-order valence-electron chi connectivity index (χ4n) is 3.93. The van der Waals surface area contributed by atoms with E-state index in [4.69, 9.17) is 0 Å². The summed E-state index contributed by atoms with van der Waals surface area (Å²) in [7, 11) is 0. The zero-order chi connectivity index (χ0) is 19.8. The van der Waals surface area contributed by atoms with Crippen molar-refractivity contribution in [2.24, 2.45) is 22.7 Å². The lowest BCUT2D eigenvalue weighted by molar-refractivity contribution is 0.300. The summed E-state index contributed by atoms with van der Waals surface area (Å²) in [5.74, 6) is 1.53. The second-order valence-corrected chi connectivity index (χ2v) is 10.7. The van der Waals surface area contributed by atoms with E-state index in [0.29, 0.717) is 10.8 Å². The molecule has 0 spiro atoms. The molecule has 2 unspecified atom stereocenters. The van der Waals surface area contributed by atoms with Crippen LogP contribution in [0.15, 0.2) is 24.3 Å². The van der Waals surface area contributed by atoms with Gasteiger partial charge in [0, 0.05) is 24.5 Å². The Morgan fingerprint density at radius 1 is 0.654 bits per heavy atom. The molecule has 0 fully saturated rings. The quantitative estimate of drug-likeness (QED) is 0.453. The summed E-state index contributed by atoms with van der Waals surface area (Å²) >= 11 is 0. The van der Waals surface area contributed by atoms with Crippen LogP contribution < -0.4 is 10.6 Å². The molecule has 0 radical (unpaired) electrons. The first-order valence-corrected chi connectivity index (χ1v) is 10.5. The highest BCUT2D eigenvalue weighted by Crippen LogP contribution is 2.27. The third-order valence-electron chi connectivity index (χ3n) is 4.74. The van der Waals surface area contributed by atoms with Gasteiger partial charge in [-0.3, -0.25) is 0 Å². The lowest BCUT2D eigenvalue weighted by Crippen LogP contribution is -2.14. The maximum Gasteiger partial charge on any atom is 0.0341 e. The fourth-order valence-corrected chi connectivity index (χ4v) is 3.93. The van der Waals surface area contributed by atoms with Crippen molar-refractivity contribution in [1.82, 2.24) is 0 Å². The molecule has 150 valence electrons. The molecule has 2 nitrogen and oxygen atoms in total. The Hall–Kier alpha value is -1.18. The van der Waals surface area contributed by atoms with Crippen LogP contribution in [0.4, 0.5) is 11.4 Å². The van der Waals surface area contributed by atoms with Gasteiger partial charge in [-0.05, 0) is 72.6 Å². The van der Waals surface area contributed by atoms with E-state index in [1.807, 2.05) is 0 Å². The SMILES string of the molecule is CC(CCNc1ccc(NCCC(C)CC(C)(C)C)cc1)CC(C)(C)C. The van der Waals surface area contributed by atoms with Crippen LogP contribution in [0.1, 0.15) is 81.1 Å². The summed E-state index contributed by atoms with van der Waals surface area (Å²) < 4.78 is 0. The summed E-state index contributed by atoms with van der Waals surface area (Å²) in [6.45, 7) is 20.8. The van der Waals surface area contributed by atoms with Crippen molar-refractivity contribution in [3.63, 3.8) is 0 Å². The molecule has 1 aromatic rings. The van der Waals surface area contributed by atoms with Crippen molar-refractivity contribution in [3.05, 3.63) is 24.3 Å². The number of hydrogen-bond donors (Lipinski definition) is 2. The molecule has 1 aromatic carbocycles. The minimum atomic E-state index is 0.428. The molecule has 0 aliphatic heterocycles. The highest BCUT2D eigenvalue weighted by Gasteiger charge is 2.15. The summed E-state index contributed by atoms with van der Waals surface area (Å²) in [5.41, 5.74) is 3.30. The molecule has 0 aliphatic carbocycles. The number of anilines is 2. The lowest BCUT2D eigenvalue weighted by atomic mass is 9.84. The maximum absolute atomic E-state index is 3.56. The molecule has 0 amide bonds. The Labute approximate surface area is 163 Å². The molecule has 0 aliphatic rings. The highest BCUT2D eigenvalue weighted by atomic mass is 14.9. The average molecular weight is 361 g/mol. The summed E-state index contributed by atoms with van der Waals surface area (Å²) in [5, 5.41) is 7.12. The topological polar surface area (TPSA) is 24.1 Å². The van der Waals surface area contributed by atoms with Crippen molar-refractivity contribution >= 4 is 11.4 Å². The zero-order valence-corrected chi connectivity index (χ0v) is 18.7. The van der Waals surface area contributed by atoms with Gasteiger partial charge in [0.1, 0.15) is 0 Å². The van der Waals surface area contributed by atoms with Crippen LogP contribution >= 0.6 is 0 Å². The molecule has 0 saturated heterocycles. The first-order chi connectivity index (χ1) is 11.9. The van der Waals surface area contributed by atoms with Gasteiger partial charge in [-0.25, -0.2) is 0 Å². The smallest absolute Gasteiger partial charge is 0.0341 e. The lowest BCUT2D eigenvalue weighted by Gasteiger charge is -2.23. The molecule has 0 saturated carbocycles. The maximum atomic E-state index is 3.56. The molecular weight excluding hydrogens is 316 g/mol. The molecule has 0 heterocycles. The number of rotatable bonds is 10. The van der Waals surface area contributed by atoms with Gasteiger partial charge in [0.15, 0.2) is 0 Å². The molecule has 1 rings (SSSR count). The van der Waals surface area contributed by atoms with E-state index in [-0.39, 0.29) is 0 Å². The Bertz CT molecular complexity index is 443. The number of hydrogen-bond acceptors (Lipinski definition) is 2. The number of nitrogens with one attached hydrogen (secondary N) is 2. The van der Waals surface area contributed by atoms with E-state index in [1.165, 1.54) is 37.1 Å². The second-order valence-electron chi connectivity index (χ2n) is 10.7. The zero-order valence-electron chi connectivity index (χ0n) is 18.7. The van der Waals surface area contributed by atoms with Gasteiger partial charge in [-0.2, -0.15) is 0 Å². The largest absolute Gasteiger partial charge is 0.385 e. The summed E-state index contributed by atoms with van der Waals surface area (Å²) in [6, 6.07) is 8.76. The Kier molecular flexibility index (Phi) is 9.00.